The third-order valence-corrected chi connectivity index (χ3v) is 13.9. The van der Waals surface area contributed by atoms with Crippen LogP contribution >= 0.6 is 0 Å². The van der Waals surface area contributed by atoms with Crippen molar-refractivity contribution >= 4 is 22.5 Å². The summed E-state index contributed by atoms with van der Waals surface area (Å²) in [4.78, 5) is 7.57. The van der Waals surface area contributed by atoms with E-state index in [1.54, 1.807) is 0 Å². The van der Waals surface area contributed by atoms with E-state index in [9.17, 15) is 0 Å². The average molecular weight is 986 g/mol. The molecule has 1 fully saturated rings. The van der Waals surface area contributed by atoms with Crippen LogP contribution in [0.2, 0.25) is 0 Å². The number of benzene rings is 7. The summed E-state index contributed by atoms with van der Waals surface area (Å²) in [6.07, 6.45) is 7.12. The van der Waals surface area contributed by atoms with E-state index >= 15 is 0 Å². The zero-order valence-electron chi connectivity index (χ0n) is 34.6. The van der Waals surface area contributed by atoms with Crippen LogP contribution in [0.1, 0.15) is 42.7 Å². The molecule has 62 heavy (non-hydrogen) atoms. The number of aryl methyl sites for hydroxylation is 1. The first-order valence-electron chi connectivity index (χ1n) is 21.7. The van der Waals surface area contributed by atoms with E-state index < -0.39 is 0 Å². The van der Waals surface area contributed by atoms with Gasteiger partial charge >= 0.3 is 297 Å². The second kappa shape index (κ2) is 16.4. The Hall–Kier alpha value is -6.55. The first-order valence-corrected chi connectivity index (χ1v) is 22.9. The molecule has 0 N–H and O–H groups in total. The van der Waals surface area contributed by atoms with Gasteiger partial charge < -0.3 is 0 Å². The standard InChI is InChI=1S/C56H46N4O.Pt/c1-39-33-55(57-36-51(39)42-21-9-4-10-22-42)58-37-43-23-11-12-26-47(43)50-32-31-46(35-54(50)58)61-45-25-15-24-44(34-45)59-38-60(53-30-14-13-29-52(53)59)56-48(40-17-5-2-6-18-40)27-16-28-49(56)41-19-7-3-8-20-41;/h2-10,13-22,24-25,27-36,43,47H,11-12,23,26,37H2,1H3;. The minimum absolute atomic E-state index is 0.558. The number of anilines is 2. The fourth-order valence-corrected chi connectivity index (χ4v) is 11.1. The molecular weight excluding hydrogens is 940 g/mol. The topological polar surface area (TPSA) is 35.2 Å². The van der Waals surface area contributed by atoms with Crippen molar-refractivity contribution in [1.82, 2.24) is 14.1 Å². The Balaban J connectivity index is 0.991. The molecule has 0 amide bonds. The summed E-state index contributed by atoms with van der Waals surface area (Å²) in [7, 11) is 0. The van der Waals surface area contributed by atoms with Crippen molar-refractivity contribution in [3.8, 4) is 56.3 Å². The molecule has 306 valence electrons. The normalized spacial score (nSPS) is 15.9. The van der Waals surface area contributed by atoms with E-state index in [2.05, 4.69) is 228 Å². The van der Waals surface area contributed by atoms with Crippen LogP contribution in [-0.4, -0.2) is 20.7 Å². The van der Waals surface area contributed by atoms with Crippen molar-refractivity contribution in [3.63, 3.8) is 0 Å². The van der Waals surface area contributed by atoms with Crippen LogP contribution in [-0.2, 0) is 19.4 Å². The fourth-order valence-electron chi connectivity index (χ4n) is 10.0. The van der Waals surface area contributed by atoms with Crippen molar-refractivity contribution in [1.29, 1.82) is 0 Å². The molecule has 2 atom stereocenters. The Morgan fingerprint density at radius 3 is 1.84 bits per heavy atom. The Bertz CT molecular complexity index is 3080. The van der Waals surface area contributed by atoms with Gasteiger partial charge in [-0.25, -0.2) is 0 Å². The van der Waals surface area contributed by atoms with Gasteiger partial charge in [0.2, 0.25) is 0 Å². The van der Waals surface area contributed by atoms with E-state index in [1.165, 1.54) is 75.9 Å². The molecule has 9 aromatic rings. The molecule has 2 unspecified atom stereocenters. The molecule has 0 saturated heterocycles. The number of pyridine rings is 1. The number of aromatic nitrogens is 3. The van der Waals surface area contributed by atoms with Crippen LogP contribution in [0.5, 0.6) is 11.5 Å². The summed E-state index contributed by atoms with van der Waals surface area (Å²) >= 11 is 2.51. The third-order valence-electron chi connectivity index (χ3n) is 12.9. The SMILES string of the molecule is Cc1cc(N2CC3CCCCC3c3ccc(Oc4cccc(-n5[c](=[Pt])n(-c6c(-c7ccccc7)cccc6-c6ccccc6)c6ccccc65)c4)cc32)ncc1-c1ccccc1. The van der Waals surface area contributed by atoms with Gasteiger partial charge in [0.1, 0.15) is 0 Å². The Morgan fingerprint density at radius 1 is 0.565 bits per heavy atom. The van der Waals surface area contributed by atoms with Crippen LogP contribution < -0.4 is 9.64 Å². The number of para-hydroxylation sites is 3. The van der Waals surface area contributed by atoms with Crippen LogP contribution in [0, 0.1) is 16.6 Å². The maximum absolute atomic E-state index is 6.86. The smallest absolute Gasteiger partial charge is 0.0622 e. The molecule has 6 heteroatoms. The first-order chi connectivity index (χ1) is 30.6. The zero-order chi connectivity index (χ0) is 41.6. The third kappa shape index (κ3) is 6.95. The van der Waals surface area contributed by atoms with Gasteiger partial charge in [0.25, 0.3) is 0 Å². The molecule has 0 spiro atoms. The zero-order valence-corrected chi connectivity index (χ0v) is 36.9. The number of nitrogens with zero attached hydrogens (tertiary/aromatic N) is 4. The van der Waals surface area contributed by atoms with Gasteiger partial charge in [0, 0.05) is 11.8 Å². The Kier molecular flexibility index (Phi) is 10.1. The van der Waals surface area contributed by atoms with Gasteiger partial charge in [-0.1, -0.05) is 43.2 Å². The van der Waals surface area contributed by atoms with E-state index in [0.29, 0.717) is 11.8 Å². The minimum Gasteiger partial charge on any atom is -0.0622 e. The number of hydrogen-bond acceptors (Lipinski definition) is 3. The molecule has 11 rings (SSSR count). The number of imidazole rings is 1. The Morgan fingerprint density at radius 2 is 1.16 bits per heavy atom. The van der Waals surface area contributed by atoms with E-state index in [4.69, 9.17) is 9.72 Å². The monoisotopic (exact) mass is 985 g/mol. The van der Waals surface area contributed by atoms with Gasteiger partial charge in [-0.2, -0.15) is 0 Å². The number of rotatable bonds is 8. The van der Waals surface area contributed by atoms with Crippen LogP contribution in [0.15, 0.2) is 188 Å². The summed E-state index contributed by atoms with van der Waals surface area (Å²) < 4.78 is 12.7. The molecule has 0 bridgehead atoms. The molecule has 1 aliphatic carbocycles. The minimum atomic E-state index is 0.558. The molecule has 5 nitrogen and oxygen atoms in total. The molecule has 1 aliphatic heterocycles. The first kappa shape index (κ1) is 38.4. The summed E-state index contributed by atoms with van der Waals surface area (Å²) in [6.45, 7) is 3.17. The van der Waals surface area contributed by atoms with E-state index in [-0.39, 0.29) is 0 Å². The predicted molar refractivity (Wildman–Crippen MR) is 249 cm³/mol. The number of fused-ring (bicyclic) bond motifs is 4. The summed E-state index contributed by atoms with van der Waals surface area (Å²) in [5.41, 5.74) is 15.3. The van der Waals surface area contributed by atoms with Crippen molar-refractivity contribution < 1.29 is 24.1 Å². The molecule has 3 heterocycles. The van der Waals surface area contributed by atoms with Crippen molar-refractivity contribution in [2.24, 2.45) is 5.92 Å². The molecule has 0 radical (unpaired) electrons. The van der Waals surface area contributed by atoms with Gasteiger partial charge in [0.15, 0.2) is 0 Å². The van der Waals surface area contributed by atoms with Crippen LogP contribution in [0.3, 0.4) is 0 Å². The van der Waals surface area contributed by atoms with Crippen molar-refractivity contribution in [3.05, 3.63) is 203 Å². The molecule has 1 saturated carbocycles. The van der Waals surface area contributed by atoms with Gasteiger partial charge in [0.05, 0.1) is 0 Å². The van der Waals surface area contributed by atoms with Crippen LogP contribution in [0.4, 0.5) is 11.5 Å². The van der Waals surface area contributed by atoms with Gasteiger partial charge in [-0.05, 0) is 24.5 Å². The Labute approximate surface area is 374 Å². The molecule has 2 aliphatic rings. The summed E-state index contributed by atoms with van der Waals surface area (Å²) in [5, 5.41) is 0. The van der Waals surface area contributed by atoms with E-state index in [0.717, 1.165) is 50.1 Å². The summed E-state index contributed by atoms with van der Waals surface area (Å²) in [6, 6.07) is 64.9. The van der Waals surface area contributed by atoms with Crippen LogP contribution in [0.25, 0.3) is 55.8 Å². The van der Waals surface area contributed by atoms with E-state index in [1.807, 2.05) is 0 Å². The van der Waals surface area contributed by atoms with Crippen molar-refractivity contribution in [2.45, 2.75) is 38.5 Å². The fraction of sp³-hybridized carbons (Fsp3) is 0.143. The predicted octanol–water partition coefficient (Wildman–Crippen LogP) is 14.4. The molecule has 2 aromatic heterocycles. The number of ether oxygens (including phenoxy) is 1. The molecular formula is C56H46N4OPt. The average Bonchev–Trinajstić information content (AvgIpc) is 3.62. The second-order valence-electron chi connectivity index (χ2n) is 16.6. The quantitative estimate of drug-likeness (QED) is 0.152. The second-order valence-corrected chi connectivity index (χ2v) is 17.7. The maximum atomic E-state index is 6.86. The number of hydrogen-bond donors (Lipinski definition) is 0. The summed E-state index contributed by atoms with van der Waals surface area (Å²) in [5.74, 6) is 3.78. The van der Waals surface area contributed by atoms with Crippen molar-refractivity contribution in [2.75, 3.05) is 11.4 Å². The van der Waals surface area contributed by atoms with Gasteiger partial charge in [-0.3, -0.25) is 0 Å². The molecule has 7 aromatic carbocycles. The van der Waals surface area contributed by atoms with Gasteiger partial charge in [-0.15, -0.1) is 0 Å².